The van der Waals surface area contributed by atoms with Gasteiger partial charge >= 0.3 is 0 Å². The van der Waals surface area contributed by atoms with Gasteiger partial charge in [-0.05, 0) is 67.1 Å². The molecule has 29 heavy (non-hydrogen) atoms. The van der Waals surface area contributed by atoms with Gasteiger partial charge in [0.25, 0.3) is 11.5 Å². The van der Waals surface area contributed by atoms with Gasteiger partial charge in [0.15, 0.2) is 0 Å². The summed E-state index contributed by atoms with van der Waals surface area (Å²) in [6.45, 7) is 2.74. The highest BCUT2D eigenvalue weighted by molar-refractivity contribution is 5.96. The maximum atomic E-state index is 13.2. The summed E-state index contributed by atoms with van der Waals surface area (Å²) in [6.07, 6.45) is 1.08. The van der Waals surface area contributed by atoms with Crippen molar-refractivity contribution in [3.8, 4) is 5.75 Å². The van der Waals surface area contributed by atoms with Gasteiger partial charge in [0, 0.05) is 23.4 Å². The van der Waals surface area contributed by atoms with E-state index >= 15 is 0 Å². The van der Waals surface area contributed by atoms with Crippen molar-refractivity contribution in [3.63, 3.8) is 0 Å². The molecule has 1 aromatic heterocycles. The van der Waals surface area contributed by atoms with Gasteiger partial charge < -0.3 is 19.4 Å². The molecule has 1 saturated heterocycles. The van der Waals surface area contributed by atoms with Crippen LogP contribution in [0.5, 0.6) is 5.75 Å². The SMILES string of the molecule is COc1ccc(N(Cc2cc3ccc(C)cc3[nH]c2=O)C(=O)[C@H]2CCCO2)cc1. The van der Waals surface area contributed by atoms with Gasteiger partial charge in [0.1, 0.15) is 11.9 Å². The Kier molecular flexibility index (Phi) is 5.36. The van der Waals surface area contributed by atoms with E-state index in [4.69, 9.17) is 9.47 Å². The number of hydrogen-bond donors (Lipinski definition) is 1. The van der Waals surface area contributed by atoms with Crippen LogP contribution < -0.4 is 15.2 Å². The van der Waals surface area contributed by atoms with Crippen LogP contribution in [-0.4, -0.2) is 30.7 Å². The molecule has 0 radical (unpaired) electrons. The number of H-pyrrole nitrogens is 1. The lowest BCUT2D eigenvalue weighted by atomic mass is 10.1. The number of ether oxygens (including phenoxy) is 2. The molecule has 0 saturated carbocycles. The second-order valence-corrected chi connectivity index (χ2v) is 7.34. The zero-order valence-electron chi connectivity index (χ0n) is 16.6. The van der Waals surface area contributed by atoms with Gasteiger partial charge in [-0.25, -0.2) is 0 Å². The number of carbonyl (C=O) groups excluding carboxylic acids is 1. The minimum atomic E-state index is -0.473. The largest absolute Gasteiger partial charge is 0.497 e. The van der Waals surface area contributed by atoms with Crippen LogP contribution >= 0.6 is 0 Å². The number of aromatic amines is 1. The van der Waals surface area contributed by atoms with Crippen molar-refractivity contribution >= 4 is 22.5 Å². The first-order valence-electron chi connectivity index (χ1n) is 9.75. The summed E-state index contributed by atoms with van der Waals surface area (Å²) in [6, 6.07) is 15.0. The molecule has 2 heterocycles. The molecular weight excluding hydrogens is 368 g/mol. The molecule has 1 aliphatic rings. The maximum Gasteiger partial charge on any atom is 0.256 e. The molecular formula is C23H24N2O4. The monoisotopic (exact) mass is 392 g/mol. The summed E-state index contributed by atoms with van der Waals surface area (Å²) in [5.41, 5.74) is 2.91. The fraction of sp³-hybridized carbons (Fsp3) is 0.304. The third-order valence-electron chi connectivity index (χ3n) is 5.26. The number of nitrogens with one attached hydrogen (secondary N) is 1. The first kappa shape index (κ1) is 19.2. The molecule has 1 fully saturated rings. The maximum absolute atomic E-state index is 13.2. The Balaban J connectivity index is 1.71. The van der Waals surface area contributed by atoms with E-state index in [1.807, 2.05) is 43.3 Å². The molecule has 2 aromatic carbocycles. The number of benzene rings is 2. The van der Waals surface area contributed by atoms with Crippen molar-refractivity contribution in [2.75, 3.05) is 18.6 Å². The number of anilines is 1. The molecule has 1 N–H and O–H groups in total. The first-order chi connectivity index (χ1) is 14.0. The Morgan fingerprint density at radius 2 is 2.00 bits per heavy atom. The van der Waals surface area contributed by atoms with Crippen molar-refractivity contribution < 1.29 is 14.3 Å². The highest BCUT2D eigenvalue weighted by atomic mass is 16.5. The Bertz CT molecular complexity index is 1080. The van der Waals surface area contributed by atoms with E-state index in [2.05, 4.69) is 4.98 Å². The van der Waals surface area contributed by atoms with Crippen LogP contribution in [0.15, 0.2) is 53.3 Å². The van der Waals surface area contributed by atoms with Gasteiger partial charge in [-0.15, -0.1) is 0 Å². The number of aryl methyl sites for hydroxylation is 1. The van der Waals surface area contributed by atoms with E-state index in [0.29, 0.717) is 30.0 Å². The van der Waals surface area contributed by atoms with Crippen LogP contribution in [0.3, 0.4) is 0 Å². The van der Waals surface area contributed by atoms with Crippen LogP contribution in [0.2, 0.25) is 0 Å². The average Bonchev–Trinajstić information content (AvgIpc) is 3.27. The Morgan fingerprint density at radius 1 is 1.21 bits per heavy atom. The number of nitrogens with zero attached hydrogens (tertiary/aromatic N) is 1. The Hall–Kier alpha value is -3.12. The summed E-state index contributed by atoms with van der Waals surface area (Å²) < 4.78 is 10.8. The van der Waals surface area contributed by atoms with E-state index in [1.54, 1.807) is 24.1 Å². The fourth-order valence-corrected chi connectivity index (χ4v) is 3.65. The number of methoxy groups -OCH3 is 1. The topological polar surface area (TPSA) is 71.6 Å². The van der Waals surface area contributed by atoms with E-state index in [1.165, 1.54) is 0 Å². The zero-order valence-corrected chi connectivity index (χ0v) is 16.6. The van der Waals surface area contributed by atoms with Crippen LogP contribution in [0.25, 0.3) is 10.9 Å². The molecule has 0 aliphatic carbocycles. The third kappa shape index (κ3) is 4.03. The second-order valence-electron chi connectivity index (χ2n) is 7.34. The Labute approximate surface area is 169 Å². The van der Waals surface area contributed by atoms with Gasteiger partial charge in [-0.2, -0.15) is 0 Å². The summed E-state index contributed by atoms with van der Waals surface area (Å²) in [4.78, 5) is 30.5. The summed E-state index contributed by atoms with van der Waals surface area (Å²) in [5, 5.41) is 0.935. The van der Waals surface area contributed by atoms with Crippen LogP contribution in [0.4, 0.5) is 5.69 Å². The number of aromatic nitrogens is 1. The molecule has 6 nitrogen and oxygen atoms in total. The van der Waals surface area contributed by atoms with Crippen LogP contribution in [0, 0.1) is 6.92 Å². The van der Waals surface area contributed by atoms with Crippen molar-refractivity contribution in [1.82, 2.24) is 4.98 Å². The molecule has 1 atom stereocenters. The number of rotatable bonds is 5. The Morgan fingerprint density at radius 3 is 2.69 bits per heavy atom. The van der Waals surface area contributed by atoms with Gasteiger partial charge in [-0.3, -0.25) is 9.59 Å². The molecule has 0 unspecified atom stereocenters. The van der Waals surface area contributed by atoms with Crippen molar-refractivity contribution in [3.05, 3.63) is 70.0 Å². The number of carbonyl (C=O) groups is 1. The minimum Gasteiger partial charge on any atom is -0.497 e. The summed E-state index contributed by atoms with van der Waals surface area (Å²) in [7, 11) is 1.60. The lowest BCUT2D eigenvalue weighted by Crippen LogP contribution is -2.39. The van der Waals surface area contributed by atoms with E-state index in [9.17, 15) is 9.59 Å². The van der Waals surface area contributed by atoms with Gasteiger partial charge in [0.05, 0.1) is 13.7 Å². The molecule has 0 bridgehead atoms. The third-order valence-corrected chi connectivity index (χ3v) is 5.26. The number of pyridine rings is 1. The van der Waals surface area contributed by atoms with Crippen molar-refractivity contribution in [1.29, 1.82) is 0 Å². The predicted octanol–water partition coefficient (Wildman–Crippen LogP) is 3.56. The minimum absolute atomic E-state index is 0.129. The highest BCUT2D eigenvalue weighted by Gasteiger charge is 2.29. The van der Waals surface area contributed by atoms with Crippen LogP contribution in [0.1, 0.15) is 24.0 Å². The van der Waals surface area contributed by atoms with Crippen molar-refractivity contribution in [2.45, 2.75) is 32.4 Å². The molecule has 3 aromatic rings. The van der Waals surface area contributed by atoms with Gasteiger partial charge in [0.2, 0.25) is 0 Å². The first-order valence-corrected chi connectivity index (χ1v) is 9.75. The number of amides is 1. The number of fused-ring (bicyclic) bond motifs is 1. The molecule has 6 heteroatoms. The molecule has 1 aliphatic heterocycles. The molecule has 150 valence electrons. The van der Waals surface area contributed by atoms with E-state index < -0.39 is 6.10 Å². The lowest BCUT2D eigenvalue weighted by molar-refractivity contribution is -0.127. The summed E-state index contributed by atoms with van der Waals surface area (Å²) in [5.74, 6) is 0.577. The van der Waals surface area contributed by atoms with E-state index in [0.717, 1.165) is 22.9 Å². The fourth-order valence-electron chi connectivity index (χ4n) is 3.65. The lowest BCUT2D eigenvalue weighted by Gasteiger charge is -2.25. The normalized spacial score (nSPS) is 16.1. The van der Waals surface area contributed by atoms with E-state index in [-0.39, 0.29) is 18.0 Å². The standard InChI is InChI=1S/C23H24N2O4/c1-15-5-6-16-13-17(22(26)24-20(16)12-15)14-25(23(27)21-4-3-11-29-21)18-7-9-19(28-2)10-8-18/h5-10,12-13,21H,3-4,11,14H2,1-2H3,(H,24,26)/t21-/m1/s1. The predicted molar refractivity (Wildman–Crippen MR) is 112 cm³/mol. The smallest absolute Gasteiger partial charge is 0.256 e. The average molecular weight is 392 g/mol. The second kappa shape index (κ2) is 8.09. The van der Waals surface area contributed by atoms with Crippen molar-refractivity contribution in [2.24, 2.45) is 0 Å². The highest BCUT2D eigenvalue weighted by Crippen LogP contribution is 2.25. The molecule has 1 amide bonds. The quantitative estimate of drug-likeness (QED) is 0.721. The molecule has 0 spiro atoms. The zero-order chi connectivity index (χ0) is 20.4. The summed E-state index contributed by atoms with van der Waals surface area (Å²) >= 11 is 0. The number of hydrogen-bond acceptors (Lipinski definition) is 4. The van der Waals surface area contributed by atoms with Crippen LogP contribution in [-0.2, 0) is 16.1 Å². The van der Waals surface area contributed by atoms with Gasteiger partial charge in [-0.1, -0.05) is 12.1 Å². The molecule has 4 rings (SSSR count).